The van der Waals surface area contributed by atoms with E-state index in [2.05, 4.69) is 25.2 Å². The number of nitrogen functional groups attached to an aromatic ring is 1. The smallest absolute Gasteiger partial charge is 0.309 e. The van der Waals surface area contributed by atoms with Crippen molar-refractivity contribution in [1.29, 1.82) is 5.41 Å². The molecule has 1 saturated heterocycles. The molecule has 0 amide bonds. The van der Waals surface area contributed by atoms with Crippen molar-refractivity contribution in [2.75, 3.05) is 25.4 Å². The molecule has 37 heavy (non-hydrogen) atoms. The summed E-state index contributed by atoms with van der Waals surface area (Å²) < 4.78 is 13.2. The predicted molar refractivity (Wildman–Crippen MR) is 155 cm³/mol. The van der Waals surface area contributed by atoms with Crippen molar-refractivity contribution >= 4 is 43.1 Å². The van der Waals surface area contributed by atoms with Crippen molar-refractivity contribution in [2.45, 2.75) is 39.7 Å². The van der Waals surface area contributed by atoms with Gasteiger partial charge < -0.3 is 30.3 Å². The first kappa shape index (κ1) is 34.1. The van der Waals surface area contributed by atoms with Crippen LogP contribution >= 0.6 is 25.7 Å². The number of aliphatic hydroxyl groups excluding tert-OH is 1. The van der Waals surface area contributed by atoms with E-state index in [0.29, 0.717) is 29.5 Å². The van der Waals surface area contributed by atoms with Crippen LogP contribution in [0.15, 0.2) is 42.5 Å². The molecule has 11 heteroatoms. The maximum atomic E-state index is 10.3. The molecule has 2 atom stereocenters. The summed E-state index contributed by atoms with van der Waals surface area (Å²) in [7, 11) is 0. The van der Waals surface area contributed by atoms with E-state index in [1.807, 2.05) is 29.5 Å². The van der Waals surface area contributed by atoms with Crippen molar-refractivity contribution in [2.24, 2.45) is 5.92 Å². The minimum Gasteiger partial charge on any atom is -0.494 e. The van der Waals surface area contributed by atoms with Gasteiger partial charge in [0.1, 0.15) is 11.5 Å². The Kier molecular flexibility index (Phi) is 16.9. The lowest BCUT2D eigenvalue weighted by atomic mass is 10.1. The molecule has 1 fully saturated rings. The largest absolute Gasteiger partial charge is 0.494 e. The van der Waals surface area contributed by atoms with Crippen molar-refractivity contribution in [3.05, 3.63) is 53.6 Å². The number of nitrogens with one attached hydrogen (secondary N) is 2. The van der Waals surface area contributed by atoms with Crippen LogP contribution in [0.3, 0.4) is 0 Å². The number of anilines is 1. The van der Waals surface area contributed by atoms with Crippen LogP contribution in [0.1, 0.15) is 50.8 Å². The van der Waals surface area contributed by atoms with Gasteiger partial charge in [0.05, 0.1) is 24.8 Å². The van der Waals surface area contributed by atoms with Crippen molar-refractivity contribution in [3.63, 3.8) is 0 Å². The summed E-state index contributed by atoms with van der Waals surface area (Å²) >= 11 is 1.28. The zero-order valence-corrected chi connectivity index (χ0v) is 23.3. The topological polar surface area (TPSA) is 141 Å². The number of ether oxygens (including phenoxy) is 1. The van der Waals surface area contributed by atoms with E-state index in [4.69, 9.17) is 25.2 Å². The highest BCUT2D eigenvalue weighted by atomic mass is 32.2. The lowest BCUT2D eigenvalue weighted by Gasteiger charge is -2.29. The Bertz CT molecular complexity index is 1000. The Morgan fingerprint density at radius 3 is 2.57 bits per heavy atom. The minimum atomic E-state index is -1.02. The summed E-state index contributed by atoms with van der Waals surface area (Å²) in [5.74, 6) is 1.04. The van der Waals surface area contributed by atoms with E-state index in [-0.39, 0.29) is 25.6 Å². The number of terminal acetylenes is 1. The zero-order chi connectivity index (χ0) is 27.1. The van der Waals surface area contributed by atoms with E-state index < -0.39 is 12.1 Å². The van der Waals surface area contributed by atoms with Crippen LogP contribution in [0.5, 0.6) is 11.5 Å². The Morgan fingerprint density at radius 2 is 2.00 bits per heavy atom. The number of hydrazine groups is 1. The molecule has 1 aliphatic rings. The van der Waals surface area contributed by atoms with Gasteiger partial charge in [-0.15, -0.1) is 12.8 Å². The number of nitrogens with two attached hydrogens (primary N) is 1. The van der Waals surface area contributed by atoms with Gasteiger partial charge in [-0.1, -0.05) is 25.1 Å². The van der Waals surface area contributed by atoms with Crippen LogP contribution in [0, 0.1) is 24.2 Å². The Hall–Kier alpha value is -2.88. The summed E-state index contributed by atoms with van der Waals surface area (Å²) in [6.45, 7) is 8.39. The Morgan fingerprint density at radius 1 is 1.32 bits per heavy atom. The fourth-order valence-corrected chi connectivity index (χ4v) is 4.00. The molecular formula is C26H38N4O5S2. The lowest BCUT2D eigenvalue weighted by Crippen LogP contribution is -2.42. The van der Waals surface area contributed by atoms with Gasteiger partial charge in [0.15, 0.2) is 12.2 Å². The number of carbonyl (C=O) groups is 1. The highest BCUT2D eigenvalue weighted by Gasteiger charge is 2.19. The molecule has 0 radical (unpaired) electrons. The summed E-state index contributed by atoms with van der Waals surface area (Å²) in [5, 5.41) is 25.8. The molecule has 2 aromatic rings. The van der Waals surface area contributed by atoms with E-state index >= 15 is 0 Å². The second-order valence-corrected chi connectivity index (χ2v) is 8.72. The third-order valence-corrected chi connectivity index (χ3v) is 5.69. The van der Waals surface area contributed by atoms with Gasteiger partial charge in [0, 0.05) is 29.9 Å². The second kappa shape index (κ2) is 18.4. The van der Waals surface area contributed by atoms with Crippen LogP contribution in [-0.2, 0) is 4.79 Å². The van der Waals surface area contributed by atoms with Gasteiger partial charge in [-0.2, -0.15) is 17.9 Å². The maximum Gasteiger partial charge on any atom is 0.309 e. The number of aliphatic carboxylic acids is 1. The number of carboxylic acid groups (broad SMARTS) is 1. The van der Waals surface area contributed by atoms with Gasteiger partial charge >= 0.3 is 5.97 Å². The van der Waals surface area contributed by atoms with Crippen molar-refractivity contribution in [3.8, 4) is 24.3 Å². The zero-order valence-electron chi connectivity index (χ0n) is 21.4. The van der Waals surface area contributed by atoms with Crippen molar-refractivity contribution < 1.29 is 23.9 Å². The maximum absolute atomic E-state index is 10.3. The van der Waals surface area contributed by atoms with Gasteiger partial charge in [0.25, 0.3) is 0 Å². The normalized spacial score (nSPS) is 15.4. The molecule has 204 valence electrons. The van der Waals surface area contributed by atoms with Gasteiger partial charge in [0.2, 0.25) is 0 Å². The SMILES string of the molecule is C#C.CCOc1ccc(OSN2C[C@H](C)CCN2)c(C(C)O)c1.N=C(CC(=O)O)c1ccccc1N.S. The monoisotopic (exact) mass is 550 g/mol. The van der Waals surface area contributed by atoms with Crippen LogP contribution < -0.4 is 20.1 Å². The molecule has 6 N–H and O–H groups in total. The van der Waals surface area contributed by atoms with Gasteiger partial charge in [-0.25, -0.2) is 5.43 Å². The first-order valence-corrected chi connectivity index (χ1v) is 12.2. The quantitative estimate of drug-likeness (QED) is 0.101. The number of rotatable bonds is 9. The van der Waals surface area contributed by atoms with E-state index in [9.17, 15) is 9.90 Å². The number of carboxylic acids is 1. The summed E-state index contributed by atoms with van der Waals surface area (Å²) in [4.78, 5) is 10.3. The second-order valence-electron chi connectivity index (χ2n) is 7.97. The average Bonchev–Trinajstić information content (AvgIpc) is 2.85. The average molecular weight is 551 g/mol. The number of para-hydroxylation sites is 1. The molecule has 0 aromatic heterocycles. The van der Waals surface area contributed by atoms with E-state index in [1.54, 1.807) is 31.2 Å². The Balaban J connectivity index is 0.000000700. The number of aliphatic hydroxyl groups is 1. The Labute approximate surface area is 231 Å². The molecular weight excluding hydrogens is 512 g/mol. The molecule has 9 nitrogen and oxygen atoms in total. The molecule has 0 spiro atoms. The van der Waals surface area contributed by atoms with E-state index in [0.717, 1.165) is 24.4 Å². The van der Waals surface area contributed by atoms with Gasteiger partial charge in [-0.05, 0) is 50.5 Å². The molecule has 2 aromatic carbocycles. The molecule has 1 aliphatic heterocycles. The molecule has 3 rings (SSSR count). The number of hydrogen-bond acceptors (Lipinski definition) is 9. The van der Waals surface area contributed by atoms with Crippen LogP contribution in [0.4, 0.5) is 5.69 Å². The fourth-order valence-electron chi connectivity index (χ4n) is 3.22. The molecule has 0 aliphatic carbocycles. The first-order chi connectivity index (χ1) is 17.2. The van der Waals surface area contributed by atoms with Crippen LogP contribution in [0.25, 0.3) is 0 Å². The van der Waals surface area contributed by atoms with Crippen LogP contribution in [-0.4, -0.2) is 46.0 Å². The summed E-state index contributed by atoms with van der Waals surface area (Å²) in [6.07, 6.45) is 8.28. The number of nitrogens with zero attached hydrogens (tertiary/aromatic N) is 1. The highest BCUT2D eigenvalue weighted by Crippen LogP contribution is 2.32. The molecule has 1 unspecified atom stereocenters. The van der Waals surface area contributed by atoms with E-state index in [1.165, 1.54) is 18.6 Å². The number of hydrogen-bond donors (Lipinski definition) is 5. The summed E-state index contributed by atoms with van der Waals surface area (Å²) in [6, 6.07) is 12.3. The minimum absolute atomic E-state index is 0. The standard InChI is InChI=1S/C15H24N2O3S.C9H10N2O2.C2H2.H2S/c1-4-19-13-5-6-15(14(9-13)12(3)18)20-21-17-10-11(2)7-8-16-17;10-7-4-2-1-3-6(7)8(11)5-9(12)13;1-2;/h5-6,9,11-12,16,18H,4,7-8,10H2,1-3H3;1-4,11H,5,10H2,(H,12,13);1-2H;1H2/t11-,12?;;;/m1.../s1. The molecule has 1 heterocycles. The molecule has 0 bridgehead atoms. The third-order valence-electron chi connectivity index (χ3n) is 4.98. The van der Waals surface area contributed by atoms with Crippen LogP contribution in [0.2, 0.25) is 0 Å². The van der Waals surface area contributed by atoms with Crippen molar-refractivity contribution in [1.82, 2.24) is 9.84 Å². The lowest BCUT2D eigenvalue weighted by molar-refractivity contribution is -0.135. The predicted octanol–water partition coefficient (Wildman–Crippen LogP) is 4.40. The highest BCUT2D eigenvalue weighted by molar-refractivity contribution is 7.92. The first-order valence-electron chi connectivity index (χ1n) is 11.5. The number of benzene rings is 2. The molecule has 0 saturated carbocycles. The summed E-state index contributed by atoms with van der Waals surface area (Å²) in [5.41, 5.74) is 10.5. The fraction of sp³-hybridized carbons (Fsp3) is 0.385. The van der Waals surface area contributed by atoms with Gasteiger partial charge in [-0.3, -0.25) is 4.79 Å². The third kappa shape index (κ3) is 12.3.